The molecule has 1 fully saturated rings. The van der Waals surface area contributed by atoms with E-state index in [4.69, 9.17) is 28.3 Å². The van der Waals surface area contributed by atoms with Crippen LogP contribution in [0.25, 0.3) is 0 Å². The summed E-state index contributed by atoms with van der Waals surface area (Å²) in [5.74, 6) is -0.260. The zero-order valence-corrected chi connectivity index (χ0v) is 9.87. The van der Waals surface area contributed by atoms with Crippen molar-refractivity contribution < 1.29 is 9.90 Å². The maximum Gasteiger partial charge on any atom is 0.326 e. The normalized spacial score (nSPS) is 20.1. The van der Waals surface area contributed by atoms with Gasteiger partial charge in [-0.2, -0.15) is 0 Å². The van der Waals surface area contributed by atoms with Crippen molar-refractivity contribution in [2.24, 2.45) is 0 Å². The van der Waals surface area contributed by atoms with Crippen molar-refractivity contribution in [3.8, 4) is 0 Å². The van der Waals surface area contributed by atoms with Crippen LogP contribution in [0.15, 0.2) is 12.1 Å². The summed E-state index contributed by atoms with van der Waals surface area (Å²) in [4.78, 5) is 16.8. The molecule has 0 aromatic carbocycles. The first-order chi connectivity index (χ1) is 7.59. The third-order valence-electron chi connectivity index (χ3n) is 2.62. The van der Waals surface area contributed by atoms with Gasteiger partial charge in [-0.25, -0.2) is 9.78 Å². The third-order valence-corrected chi connectivity index (χ3v) is 3.31. The molecule has 1 N–H and O–H groups in total. The van der Waals surface area contributed by atoms with Crippen molar-refractivity contribution in [2.75, 3.05) is 11.4 Å². The fraction of sp³-hybridized carbons (Fsp3) is 0.400. The number of carboxylic acid groups (broad SMARTS) is 1. The maximum atomic E-state index is 11.0. The lowest BCUT2D eigenvalue weighted by molar-refractivity contribution is -0.138. The summed E-state index contributed by atoms with van der Waals surface area (Å²) in [6.07, 6.45) is 1.48. The quantitative estimate of drug-likeness (QED) is 0.831. The van der Waals surface area contributed by atoms with E-state index >= 15 is 0 Å². The number of hydrogen-bond acceptors (Lipinski definition) is 3. The fourth-order valence-corrected chi connectivity index (χ4v) is 2.12. The van der Waals surface area contributed by atoms with Crippen LogP contribution in [0.1, 0.15) is 12.8 Å². The Hall–Kier alpha value is -1.000. The predicted molar refractivity (Wildman–Crippen MR) is 62.3 cm³/mol. The molecule has 16 heavy (non-hydrogen) atoms. The highest BCUT2D eigenvalue weighted by Gasteiger charge is 2.31. The van der Waals surface area contributed by atoms with Gasteiger partial charge >= 0.3 is 5.97 Å². The monoisotopic (exact) mass is 260 g/mol. The smallest absolute Gasteiger partial charge is 0.326 e. The Morgan fingerprint density at radius 2 is 2.25 bits per heavy atom. The Kier molecular flexibility index (Phi) is 3.21. The second-order valence-corrected chi connectivity index (χ2v) is 4.40. The molecule has 1 aliphatic heterocycles. The topological polar surface area (TPSA) is 53.4 Å². The number of carbonyl (C=O) groups is 1. The van der Waals surface area contributed by atoms with Gasteiger partial charge in [0.1, 0.15) is 17.0 Å². The summed E-state index contributed by atoms with van der Waals surface area (Å²) in [7, 11) is 0. The van der Waals surface area contributed by atoms with E-state index in [0.29, 0.717) is 23.8 Å². The highest BCUT2D eigenvalue weighted by atomic mass is 35.5. The molecule has 1 saturated heterocycles. The van der Waals surface area contributed by atoms with E-state index in [-0.39, 0.29) is 5.15 Å². The molecule has 6 heteroatoms. The number of nitrogens with zero attached hydrogens (tertiary/aromatic N) is 2. The summed E-state index contributed by atoms with van der Waals surface area (Å²) < 4.78 is 0. The number of aromatic nitrogens is 1. The number of halogens is 2. The zero-order chi connectivity index (χ0) is 11.7. The predicted octanol–water partition coefficient (Wildman–Crippen LogP) is 2.44. The molecule has 1 aromatic heterocycles. The number of hydrogen-bond donors (Lipinski definition) is 1. The van der Waals surface area contributed by atoms with E-state index in [0.717, 1.165) is 6.42 Å². The molecule has 2 rings (SSSR count). The molecule has 0 saturated carbocycles. The molecule has 4 nitrogen and oxygen atoms in total. The molecule has 1 aliphatic rings. The minimum absolute atomic E-state index is 0.204. The third kappa shape index (κ3) is 2.08. The molecule has 2 heterocycles. The fourth-order valence-electron chi connectivity index (χ4n) is 1.87. The molecule has 86 valence electrons. The lowest BCUT2D eigenvalue weighted by atomic mass is 10.2. The second kappa shape index (κ2) is 4.47. The van der Waals surface area contributed by atoms with Crippen LogP contribution in [0.4, 0.5) is 5.82 Å². The summed E-state index contributed by atoms with van der Waals surface area (Å²) in [5.41, 5.74) is 0. The van der Waals surface area contributed by atoms with Crippen molar-refractivity contribution in [2.45, 2.75) is 18.9 Å². The first-order valence-corrected chi connectivity index (χ1v) is 5.66. The number of rotatable bonds is 2. The highest BCUT2D eigenvalue weighted by molar-refractivity contribution is 6.41. The van der Waals surface area contributed by atoms with E-state index in [1.54, 1.807) is 17.0 Å². The lowest BCUT2D eigenvalue weighted by Crippen LogP contribution is -2.36. The number of carboxylic acids is 1. The summed E-state index contributed by atoms with van der Waals surface area (Å²) >= 11 is 11.6. The Morgan fingerprint density at radius 3 is 2.88 bits per heavy atom. The van der Waals surface area contributed by atoms with Gasteiger partial charge in [-0.05, 0) is 25.0 Å². The Morgan fingerprint density at radius 1 is 1.50 bits per heavy atom. The van der Waals surface area contributed by atoms with Crippen molar-refractivity contribution in [1.82, 2.24) is 4.98 Å². The average molecular weight is 261 g/mol. The van der Waals surface area contributed by atoms with E-state index in [1.807, 2.05) is 0 Å². The number of aliphatic carboxylic acids is 1. The minimum atomic E-state index is -0.828. The average Bonchev–Trinajstić information content (AvgIpc) is 2.71. The maximum absolute atomic E-state index is 11.0. The standard InChI is InChI=1S/C10H10Cl2N2O2/c11-6-3-4-8(13-9(6)12)14-5-1-2-7(14)10(15)16/h3-4,7H,1-2,5H2,(H,15,16). The van der Waals surface area contributed by atoms with Crippen LogP contribution >= 0.6 is 23.2 Å². The van der Waals surface area contributed by atoms with Gasteiger partial charge in [0.25, 0.3) is 0 Å². The summed E-state index contributed by atoms with van der Waals surface area (Å²) in [5, 5.41) is 9.62. The van der Waals surface area contributed by atoms with Gasteiger partial charge in [-0.1, -0.05) is 23.2 Å². The van der Waals surface area contributed by atoms with E-state index in [1.165, 1.54) is 0 Å². The van der Waals surface area contributed by atoms with Crippen LogP contribution in [0.3, 0.4) is 0 Å². The summed E-state index contributed by atoms with van der Waals surface area (Å²) in [6.45, 7) is 0.682. The molecule has 0 amide bonds. The molecule has 1 unspecified atom stereocenters. The van der Waals surface area contributed by atoms with Crippen LogP contribution in [-0.2, 0) is 4.79 Å². The van der Waals surface area contributed by atoms with Gasteiger partial charge in [0.2, 0.25) is 0 Å². The summed E-state index contributed by atoms with van der Waals surface area (Å²) in [6, 6.07) is 2.81. The number of anilines is 1. The van der Waals surface area contributed by atoms with Crippen LogP contribution in [0, 0.1) is 0 Å². The van der Waals surface area contributed by atoms with Gasteiger partial charge in [0.05, 0.1) is 5.02 Å². The Balaban J connectivity index is 2.29. The Bertz CT molecular complexity index is 425. The number of pyridine rings is 1. The van der Waals surface area contributed by atoms with Crippen LogP contribution in [0.2, 0.25) is 10.2 Å². The minimum Gasteiger partial charge on any atom is -0.480 e. The lowest BCUT2D eigenvalue weighted by Gasteiger charge is -2.22. The van der Waals surface area contributed by atoms with Crippen molar-refractivity contribution in [1.29, 1.82) is 0 Å². The second-order valence-electron chi connectivity index (χ2n) is 3.63. The van der Waals surface area contributed by atoms with Gasteiger partial charge in [-0.15, -0.1) is 0 Å². The first-order valence-electron chi connectivity index (χ1n) is 4.91. The molecule has 0 aliphatic carbocycles. The van der Waals surface area contributed by atoms with Crippen LogP contribution in [0.5, 0.6) is 0 Å². The largest absolute Gasteiger partial charge is 0.480 e. The molecular weight excluding hydrogens is 251 g/mol. The van der Waals surface area contributed by atoms with E-state index in [2.05, 4.69) is 4.98 Å². The molecular formula is C10H10Cl2N2O2. The Labute approximate surface area is 103 Å². The molecule has 1 aromatic rings. The van der Waals surface area contributed by atoms with Crippen LogP contribution in [-0.4, -0.2) is 28.6 Å². The molecule has 0 radical (unpaired) electrons. The first kappa shape index (κ1) is 11.5. The van der Waals surface area contributed by atoms with E-state index < -0.39 is 12.0 Å². The highest BCUT2D eigenvalue weighted by Crippen LogP contribution is 2.28. The van der Waals surface area contributed by atoms with Gasteiger partial charge in [-0.3, -0.25) is 0 Å². The van der Waals surface area contributed by atoms with Crippen molar-refractivity contribution in [3.63, 3.8) is 0 Å². The van der Waals surface area contributed by atoms with Crippen molar-refractivity contribution >= 4 is 35.0 Å². The SMILES string of the molecule is O=C(O)C1CCCN1c1ccc(Cl)c(Cl)n1. The van der Waals surface area contributed by atoms with E-state index in [9.17, 15) is 4.79 Å². The molecule has 1 atom stereocenters. The molecule has 0 bridgehead atoms. The van der Waals surface area contributed by atoms with Gasteiger partial charge in [0.15, 0.2) is 0 Å². The van der Waals surface area contributed by atoms with Gasteiger partial charge < -0.3 is 10.0 Å². The van der Waals surface area contributed by atoms with Crippen LogP contribution < -0.4 is 4.90 Å². The zero-order valence-electron chi connectivity index (χ0n) is 8.36. The molecule has 0 spiro atoms. The van der Waals surface area contributed by atoms with Crippen molar-refractivity contribution in [3.05, 3.63) is 22.3 Å². The van der Waals surface area contributed by atoms with Gasteiger partial charge in [0, 0.05) is 6.54 Å².